The van der Waals surface area contributed by atoms with Crippen LogP contribution in [0.1, 0.15) is 0 Å². The van der Waals surface area contributed by atoms with E-state index in [1.807, 2.05) is 0 Å². The van der Waals surface area contributed by atoms with Gasteiger partial charge in [-0.3, -0.25) is 4.79 Å². The second-order valence-corrected chi connectivity index (χ2v) is 4.02. The Balaban J connectivity index is 2.44. The Hall–Kier alpha value is -0.690. The van der Waals surface area contributed by atoms with Gasteiger partial charge < -0.3 is 25.0 Å². The van der Waals surface area contributed by atoms with Crippen LogP contribution >= 0.6 is 0 Å². The first kappa shape index (κ1) is 14.4. The Morgan fingerprint density at radius 3 is 2.35 bits per heavy atom. The Kier molecular flexibility index (Phi) is 7.11. The van der Waals surface area contributed by atoms with Crippen molar-refractivity contribution in [3.8, 4) is 0 Å². The minimum atomic E-state index is -0.127. The van der Waals surface area contributed by atoms with E-state index in [-0.39, 0.29) is 11.9 Å². The summed E-state index contributed by atoms with van der Waals surface area (Å²) in [4.78, 5) is 14.0. The van der Waals surface area contributed by atoms with Crippen molar-refractivity contribution in [1.82, 2.24) is 15.5 Å². The Morgan fingerprint density at radius 1 is 1.24 bits per heavy atom. The molecule has 6 nitrogen and oxygen atoms in total. The van der Waals surface area contributed by atoms with E-state index in [1.54, 1.807) is 19.1 Å². The molecule has 0 radical (unpaired) electrons. The maximum Gasteiger partial charge on any atom is 0.241 e. The minimum absolute atomic E-state index is 0.117. The van der Waals surface area contributed by atoms with Crippen LogP contribution in [0.2, 0.25) is 0 Å². The quantitative estimate of drug-likeness (QED) is 0.582. The highest BCUT2D eigenvalue weighted by atomic mass is 16.5. The van der Waals surface area contributed by atoms with E-state index in [9.17, 15) is 4.79 Å². The van der Waals surface area contributed by atoms with Crippen molar-refractivity contribution >= 4 is 5.91 Å². The standard InChI is InChI=1S/C11H23N3O3/c1-16-7-5-14(6-8-17-2)11(15)10-9-12-3-4-13-10/h10,12-13H,3-9H2,1-2H3. The van der Waals surface area contributed by atoms with Gasteiger partial charge >= 0.3 is 0 Å². The van der Waals surface area contributed by atoms with Gasteiger partial charge in [-0.1, -0.05) is 0 Å². The molecule has 17 heavy (non-hydrogen) atoms. The second-order valence-electron chi connectivity index (χ2n) is 4.02. The van der Waals surface area contributed by atoms with Crippen LogP contribution in [0.4, 0.5) is 0 Å². The van der Waals surface area contributed by atoms with Crippen LogP contribution < -0.4 is 10.6 Å². The molecule has 0 aromatic rings. The SMILES string of the molecule is COCCN(CCOC)C(=O)C1CNCCN1. The third-order valence-electron chi connectivity index (χ3n) is 2.78. The van der Waals surface area contributed by atoms with Gasteiger partial charge in [-0.25, -0.2) is 0 Å². The first-order chi connectivity index (χ1) is 8.29. The van der Waals surface area contributed by atoms with Crippen molar-refractivity contribution in [2.45, 2.75) is 6.04 Å². The molecular weight excluding hydrogens is 222 g/mol. The lowest BCUT2D eigenvalue weighted by Gasteiger charge is -2.30. The van der Waals surface area contributed by atoms with Crippen molar-refractivity contribution in [1.29, 1.82) is 0 Å². The summed E-state index contributed by atoms with van der Waals surface area (Å²) in [5.74, 6) is 0.117. The highest BCUT2D eigenvalue weighted by molar-refractivity contribution is 5.82. The predicted octanol–water partition coefficient (Wildman–Crippen LogP) is -1.33. The zero-order chi connectivity index (χ0) is 12.5. The molecule has 1 saturated heterocycles. The lowest BCUT2D eigenvalue weighted by Crippen LogP contribution is -2.57. The summed E-state index contributed by atoms with van der Waals surface area (Å²) >= 11 is 0. The molecule has 1 rings (SSSR count). The molecule has 0 aliphatic carbocycles. The van der Waals surface area contributed by atoms with Crippen molar-refractivity contribution < 1.29 is 14.3 Å². The van der Waals surface area contributed by atoms with E-state index in [2.05, 4.69) is 10.6 Å². The van der Waals surface area contributed by atoms with Crippen LogP contribution in [-0.2, 0) is 14.3 Å². The fourth-order valence-electron chi connectivity index (χ4n) is 1.78. The summed E-state index contributed by atoms with van der Waals surface area (Å²) in [5.41, 5.74) is 0. The minimum Gasteiger partial charge on any atom is -0.383 e. The molecule has 100 valence electrons. The van der Waals surface area contributed by atoms with E-state index in [0.717, 1.165) is 13.1 Å². The maximum absolute atomic E-state index is 12.2. The molecule has 1 unspecified atom stereocenters. The zero-order valence-corrected chi connectivity index (χ0v) is 10.7. The smallest absolute Gasteiger partial charge is 0.241 e. The van der Waals surface area contributed by atoms with Gasteiger partial charge in [-0.05, 0) is 0 Å². The number of carbonyl (C=O) groups excluding carboxylic acids is 1. The summed E-state index contributed by atoms with van der Waals surface area (Å²) in [6, 6.07) is -0.127. The topological polar surface area (TPSA) is 62.8 Å². The fraction of sp³-hybridized carbons (Fsp3) is 0.909. The molecule has 1 atom stereocenters. The molecule has 1 fully saturated rings. The van der Waals surface area contributed by atoms with Crippen LogP contribution in [0.3, 0.4) is 0 Å². The molecule has 0 aromatic carbocycles. The van der Waals surface area contributed by atoms with Gasteiger partial charge in [0.25, 0.3) is 0 Å². The normalized spacial score (nSPS) is 20.2. The van der Waals surface area contributed by atoms with Gasteiger partial charge in [-0.2, -0.15) is 0 Å². The van der Waals surface area contributed by atoms with Crippen LogP contribution in [0.5, 0.6) is 0 Å². The first-order valence-electron chi connectivity index (χ1n) is 6.00. The molecular formula is C11H23N3O3. The van der Waals surface area contributed by atoms with Crippen molar-refractivity contribution in [3.05, 3.63) is 0 Å². The number of piperazine rings is 1. The number of carbonyl (C=O) groups is 1. The number of nitrogens with zero attached hydrogens (tertiary/aromatic N) is 1. The van der Waals surface area contributed by atoms with Crippen LogP contribution in [0, 0.1) is 0 Å². The zero-order valence-electron chi connectivity index (χ0n) is 10.7. The number of nitrogens with one attached hydrogen (secondary N) is 2. The molecule has 0 saturated carbocycles. The third-order valence-corrected chi connectivity index (χ3v) is 2.78. The van der Waals surface area contributed by atoms with Crippen LogP contribution in [-0.4, -0.2) is 77.0 Å². The molecule has 0 aromatic heterocycles. The Morgan fingerprint density at radius 2 is 1.88 bits per heavy atom. The fourth-order valence-corrected chi connectivity index (χ4v) is 1.78. The Labute approximate surface area is 103 Å². The number of hydrogen-bond acceptors (Lipinski definition) is 5. The van der Waals surface area contributed by atoms with E-state index in [0.29, 0.717) is 32.8 Å². The lowest BCUT2D eigenvalue weighted by atomic mass is 10.2. The van der Waals surface area contributed by atoms with Crippen LogP contribution in [0.15, 0.2) is 0 Å². The predicted molar refractivity (Wildman–Crippen MR) is 65.0 cm³/mol. The highest BCUT2D eigenvalue weighted by Crippen LogP contribution is 1.98. The summed E-state index contributed by atoms with van der Waals surface area (Å²) < 4.78 is 10.0. The third kappa shape index (κ3) is 4.99. The lowest BCUT2D eigenvalue weighted by molar-refractivity contribution is -0.135. The number of hydrogen-bond donors (Lipinski definition) is 2. The highest BCUT2D eigenvalue weighted by Gasteiger charge is 2.24. The van der Waals surface area contributed by atoms with E-state index < -0.39 is 0 Å². The number of rotatable bonds is 7. The summed E-state index contributed by atoms with van der Waals surface area (Å²) in [7, 11) is 3.28. The van der Waals surface area contributed by atoms with Crippen molar-refractivity contribution in [3.63, 3.8) is 0 Å². The Bertz CT molecular complexity index is 212. The van der Waals surface area contributed by atoms with Crippen LogP contribution in [0.25, 0.3) is 0 Å². The van der Waals surface area contributed by atoms with E-state index >= 15 is 0 Å². The van der Waals surface area contributed by atoms with Gasteiger partial charge in [0.05, 0.1) is 19.3 Å². The number of amides is 1. The van der Waals surface area contributed by atoms with E-state index in [4.69, 9.17) is 9.47 Å². The summed E-state index contributed by atoms with van der Waals surface area (Å²) in [6.45, 7) is 4.76. The second kappa shape index (κ2) is 8.41. The molecule has 2 N–H and O–H groups in total. The van der Waals surface area contributed by atoms with Gasteiger partial charge in [0.2, 0.25) is 5.91 Å². The molecule has 1 heterocycles. The monoisotopic (exact) mass is 245 g/mol. The molecule has 1 aliphatic rings. The first-order valence-corrected chi connectivity index (χ1v) is 6.00. The average molecular weight is 245 g/mol. The molecule has 1 amide bonds. The van der Waals surface area contributed by atoms with E-state index in [1.165, 1.54) is 0 Å². The summed E-state index contributed by atoms with van der Waals surface area (Å²) in [6.07, 6.45) is 0. The largest absolute Gasteiger partial charge is 0.383 e. The molecule has 1 aliphatic heterocycles. The van der Waals surface area contributed by atoms with Crippen molar-refractivity contribution in [2.75, 3.05) is 60.2 Å². The molecule has 6 heteroatoms. The van der Waals surface area contributed by atoms with Crippen molar-refractivity contribution in [2.24, 2.45) is 0 Å². The average Bonchev–Trinajstić information content (AvgIpc) is 2.39. The van der Waals surface area contributed by atoms with Gasteiger partial charge in [0.1, 0.15) is 0 Å². The molecule has 0 bridgehead atoms. The maximum atomic E-state index is 12.2. The number of methoxy groups -OCH3 is 2. The van der Waals surface area contributed by atoms with Gasteiger partial charge in [-0.15, -0.1) is 0 Å². The molecule has 0 spiro atoms. The van der Waals surface area contributed by atoms with Gasteiger partial charge in [0, 0.05) is 46.9 Å². The number of ether oxygens (including phenoxy) is 2. The summed E-state index contributed by atoms with van der Waals surface area (Å²) in [5, 5.41) is 6.43. The van der Waals surface area contributed by atoms with Gasteiger partial charge in [0.15, 0.2) is 0 Å².